The van der Waals surface area contributed by atoms with Gasteiger partial charge in [-0.3, -0.25) is 0 Å². The summed E-state index contributed by atoms with van der Waals surface area (Å²) in [5, 5.41) is 0. The third-order valence-electron chi connectivity index (χ3n) is 3.30. The van der Waals surface area contributed by atoms with Crippen molar-refractivity contribution in [3.05, 3.63) is 59.2 Å². The molecule has 112 valence electrons. The van der Waals surface area contributed by atoms with Crippen molar-refractivity contribution in [3.63, 3.8) is 0 Å². The Balaban J connectivity index is 2.33. The number of aryl methyl sites for hydroxylation is 2. The fourth-order valence-corrected chi connectivity index (χ4v) is 2.34. The van der Waals surface area contributed by atoms with Crippen molar-refractivity contribution in [1.29, 1.82) is 0 Å². The van der Waals surface area contributed by atoms with Crippen LogP contribution in [0.15, 0.2) is 36.4 Å². The number of rotatable bonds is 6. The molecular formula is C18H20F2O. The maximum absolute atomic E-state index is 13.4. The number of hydrogen-bond donors (Lipinski definition) is 0. The topological polar surface area (TPSA) is 9.23 Å². The fraction of sp³-hybridized carbons (Fsp3) is 0.333. The van der Waals surface area contributed by atoms with Crippen molar-refractivity contribution in [1.82, 2.24) is 0 Å². The van der Waals surface area contributed by atoms with Crippen molar-refractivity contribution in [2.24, 2.45) is 0 Å². The van der Waals surface area contributed by atoms with Crippen LogP contribution in [0.2, 0.25) is 0 Å². The molecule has 21 heavy (non-hydrogen) atoms. The van der Waals surface area contributed by atoms with Crippen LogP contribution in [-0.4, -0.2) is 0 Å². The van der Waals surface area contributed by atoms with E-state index in [1.54, 1.807) is 12.1 Å². The molecule has 0 spiro atoms. The highest BCUT2D eigenvalue weighted by Crippen LogP contribution is 2.30. The lowest BCUT2D eigenvalue weighted by Crippen LogP contribution is -1.97. The van der Waals surface area contributed by atoms with E-state index in [1.165, 1.54) is 24.3 Å². The molecule has 0 aliphatic heterocycles. The standard InChI is InChI=1S/C18H20F2O/c1-3-5-13-11-15(19)7-9-17(13)21-18-10-8-16(20)12-14(18)6-4-2/h7-12H,3-6H2,1-2H3. The lowest BCUT2D eigenvalue weighted by molar-refractivity contribution is 0.464. The Bertz CT molecular complexity index is 555. The van der Waals surface area contributed by atoms with E-state index in [1.807, 2.05) is 13.8 Å². The molecule has 0 aliphatic rings. The summed E-state index contributed by atoms with van der Waals surface area (Å²) in [6.07, 6.45) is 3.31. The minimum atomic E-state index is -0.265. The largest absolute Gasteiger partial charge is 0.457 e. The van der Waals surface area contributed by atoms with Gasteiger partial charge >= 0.3 is 0 Å². The second kappa shape index (κ2) is 7.21. The summed E-state index contributed by atoms with van der Waals surface area (Å²) < 4.78 is 32.6. The Morgan fingerprint density at radius 3 is 1.57 bits per heavy atom. The van der Waals surface area contributed by atoms with E-state index in [-0.39, 0.29) is 11.6 Å². The van der Waals surface area contributed by atoms with Gasteiger partial charge in [0.15, 0.2) is 0 Å². The molecule has 0 atom stereocenters. The molecule has 0 fully saturated rings. The van der Waals surface area contributed by atoms with E-state index < -0.39 is 0 Å². The molecule has 0 amide bonds. The molecule has 0 aromatic heterocycles. The Labute approximate surface area is 124 Å². The lowest BCUT2D eigenvalue weighted by Gasteiger charge is -2.14. The number of benzene rings is 2. The molecule has 0 saturated carbocycles. The predicted octanol–water partition coefficient (Wildman–Crippen LogP) is 5.66. The van der Waals surface area contributed by atoms with Crippen molar-refractivity contribution >= 4 is 0 Å². The molecule has 0 heterocycles. The first-order valence-electron chi connectivity index (χ1n) is 7.38. The smallest absolute Gasteiger partial charge is 0.130 e. The first-order chi connectivity index (χ1) is 10.1. The number of hydrogen-bond acceptors (Lipinski definition) is 1. The highest BCUT2D eigenvalue weighted by atomic mass is 19.1. The summed E-state index contributed by atoms with van der Waals surface area (Å²) in [6.45, 7) is 4.07. The van der Waals surface area contributed by atoms with Gasteiger partial charge in [0.2, 0.25) is 0 Å². The third kappa shape index (κ3) is 4.03. The quantitative estimate of drug-likeness (QED) is 0.666. The van der Waals surface area contributed by atoms with E-state index in [9.17, 15) is 8.78 Å². The zero-order valence-electron chi connectivity index (χ0n) is 12.5. The summed E-state index contributed by atoms with van der Waals surface area (Å²) in [7, 11) is 0. The Hall–Kier alpha value is -1.90. The normalized spacial score (nSPS) is 10.7. The summed E-state index contributed by atoms with van der Waals surface area (Å²) >= 11 is 0. The number of halogens is 2. The van der Waals surface area contributed by atoms with Crippen molar-refractivity contribution in [2.45, 2.75) is 39.5 Å². The fourth-order valence-electron chi connectivity index (χ4n) is 2.34. The van der Waals surface area contributed by atoms with Crippen molar-refractivity contribution in [3.8, 4) is 11.5 Å². The van der Waals surface area contributed by atoms with Gasteiger partial charge in [-0.05, 0) is 60.4 Å². The van der Waals surface area contributed by atoms with Gasteiger partial charge in [0.25, 0.3) is 0 Å². The average Bonchev–Trinajstić information content (AvgIpc) is 2.45. The van der Waals surface area contributed by atoms with Crippen LogP contribution in [0.3, 0.4) is 0 Å². The minimum Gasteiger partial charge on any atom is -0.457 e. The van der Waals surface area contributed by atoms with Crippen LogP contribution in [0.25, 0.3) is 0 Å². The highest BCUT2D eigenvalue weighted by Gasteiger charge is 2.10. The molecule has 0 unspecified atom stereocenters. The molecule has 3 heteroatoms. The van der Waals surface area contributed by atoms with Crippen molar-refractivity contribution < 1.29 is 13.5 Å². The van der Waals surface area contributed by atoms with E-state index in [0.29, 0.717) is 11.5 Å². The minimum absolute atomic E-state index is 0.265. The SMILES string of the molecule is CCCc1cc(F)ccc1Oc1ccc(F)cc1CCC. The van der Waals surface area contributed by atoms with Crippen LogP contribution in [0.4, 0.5) is 8.78 Å². The van der Waals surface area contributed by atoms with Gasteiger partial charge in [0.1, 0.15) is 23.1 Å². The van der Waals surface area contributed by atoms with Crippen LogP contribution in [0.5, 0.6) is 11.5 Å². The molecule has 1 nitrogen and oxygen atoms in total. The van der Waals surface area contributed by atoms with Crippen LogP contribution < -0.4 is 4.74 Å². The lowest BCUT2D eigenvalue weighted by atomic mass is 10.1. The second-order valence-electron chi connectivity index (χ2n) is 5.11. The Kier molecular flexibility index (Phi) is 5.32. The van der Waals surface area contributed by atoms with Crippen LogP contribution >= 0.6 is 0 Å². The van der Waals surface area contributed by atoms with Gasteiger partial charge in [-0.15, -0.1) is 0 Å². The molecular weight excluding hydrogens is 270 g/mol. The summed E-state index contributed by atoms with van der Waals surface area (Å²) in [5.41, 5.74) is 1.67. The predicted molar refractivity (Wildman–Crippen MR) is 80.9 cm³/mol. The van der Waals surface area contributed by atoms with Gasteiger partial charge in [0.05, 0.1) is 0 Å². The Morgan fingerprint density at radius 2 is 1.19 bits per heavy atom. The zero-order chi connectivity index (χ0) is 15.2. The molecule has 2 aromatic rings. The maximum Gasteiger partial charge on any atom is 0.130 e. The Morgan fingerprint density at radius 1 is 0.762 bits per heavy atom. The van der Waals surface area contributed by atoms with E-state index in [4.69, 9.17) is 4.74 Å². The van der Waals surface area contributed by atoms with Gasteiger partial charge in [-0.1, -0.05) is 26.7 Å². The highest BCUT2D eigenvalue weighted by molar-refractivity contribution is 5.42. The van der Waals surface area contributed by atoms with Crippen LogP contribution in [-0.2, 0) is 12.8 Å². The monoisotopic (exact) mass is 290 g/mol. The molecule has 2 rings (SSSR count). The molecule has 2 aromatic carbocycles. The average molecular weight is 290 g/mol. The molecule has 0 aliphatic carbocycles. The second-order valence-corrected chi connectivity index (χ2v) is 5.11. The molecule has 0 radical (unpaired) electrons. The molecule has 0 bridgehead atoms. The summed E-state index contributed by atoms with van der Waals surface area (Å²) in [6, 6.07) is 9.05. The maximum atomic E-state index is 13.4. The number of ether oxygens (including phenoxy) is 1. The molecule has 0 saturated heterocycles. The van der Waals surface area contributed by atoms with E-state index >= 15 is 0 Å². The first kappa shape index (κ1) is 15.5. The van der Waals surface area contributed by atoms with Gasteiger partial charge < -0.3 is 4.74 Å². The third-order valence-corrected chi connectivity index (χ3v) is 3.30. The van der Waals surface area contributed by atoms with Gasteiger partial charge in [-0.25, -0.2) is 8.78 Å². The van der Waals surface area contributed by atoms with Crippen LogP contribution in [0, 0.1) is 11.6 Å². The van der Waals surface area contributed by atoms with Crippen molar-refractivity contribution in [2.75, 3.05) is 0 Å². The van der Waals surface area contributed by atoms with Gasteiger partial charge in [0, 0.05) is 0 Å². The van der Waals surface area contributed by atoms with E-state index in [2.05, 4.69) is 0 Å². The first-order valence-corrected chi connectivity index (χ1v) is 7.38. The summed E-state index contributed by atoms with van der Waals surface area (Å²) in [4.78, 5) is 0. The van der Waals surface area contributed by atoms with Gasteiger partial charge in [-0.2, -0.15) is 0 Å². The van der Waals surface area contributed by atoms with E-state index in [0.717, 1.165) is 36.8 Å². The zero-order valence-corrected chi connectivity index (χ0v) is 12.5. The molecule has 0 N–H and O–H groups in total. The summed E-state index contributed by atoms with van der Waals surface area (Å²) in [5.74, 6) is 0.752. The van der Waals surface area contributed by atoms with Crippen LogP contribution in [0.1, 0.15) is 37.8 Å².